The van der Waals surface area contributed by atoms with Gasteiger partial charge in [-0.3, -0.25) is 14.5 Å². The van der Waals surface area contributed by atoms with Crippen LogP contribution < -0.4 is 4.90 Å². The molecule has 2 fully saturated rings. The van der Waals surface area contributed by atoms with Gasteiger partial charge in [0.05, 0.1) is 4.91 Å². The number of carboxylic acids is 1. The third-order valence-electron chi connectivity index (χ3n) is 7.99. The van der Waals surface area contributed by atoms with Gasteiger partial charge >= 0.3 is 12.1 Å². The van der Waals surface area contributed by atoms with Crippen molar-refractivity contribution in [3.8, 4) is 11.1 Å². The van der Waals surface area contributed by atoms with Crippen molar-refractivity contribution in [2.24, 2.45) is 0 Å². The van der Waals surface area contributed by atoms with Crippen LogP contribution in [0.2, 0.25) is 0 Å². The highest BCUT2D eigenvalue weighted by molar-refractivity contribution is 8.26. The topological polar surface area (TPSA) is 95.0 Å². The highest BCUT2D eigenvalue weighted by Gasteiger charge is 2.40. The van der Waals surface area contributed by atoms with Crippen LogP contribution in [-0.2, 0) is 19.2 Å². The molecule has 2 heterocycles. The van der Waals surface area contributed by atoms with Crippen LogP contribution in [0.5, 0.6) is 0 Å². The van der Waals surface area contributed by atoms with Crippen LogP contribution in [0.25, 0.3) is 23.3 Å². The normalized spacial score (nSPS) is 20.1. The minimum Gasteiger partial charge on any atom is -0.480 e. The molecule has 1 amide bonds. The lowest BCUT2D eigenvalue weighted by atomic mass is 9.82. The molecule has 7 nitrogen and oxygen atoms in total. The number of carbonyl (C=O) groups is 2. The van der Waals surface area contributed by atoms with Crippen LogP contribution in [0, 0.1) is 0 Å². The summed E-state index contributed by atoms with van der Waals surface area (Å²) in [6.45, 7) is 1.62. The third kappa shape index (κ3) is 6.39. The van der Waals surface area contributed by atoms with E-state index in [4.69, 9.17) is 26.9 Å². The predicted octanol–water partition coefficient (Wildman–Crippen LogP) is 7.27. The minimum absolute atomic E-state index is 0.250. The van der Waals surface area contributed by atoms with E-state index in [1.165, 1.54) is 58.2 Å². The van der Waals surface area contributed by atoms with Crippen molar-refractivity contribution in [3.63, 3.8) is 0 Å². The number of nitrogens with zero attached hydrogens (tertiary/aromatic N) is 2. The molecule has 1 N–H and O–H groups in total. The van der Waals surface area contributed by atoms with Crippen LogP contribution >= 0.6 is 24.0 Å². The Morgan fingerprint density at radius 2 is 1.63 bits per heavy atom. The molecule has 6 rings (SSSR count). The van der Waals surface area contributed by atoms with Gasteiger partial charge in [0.1, 0.15) is 10.9 Å². The van der Waals surface area contributed by atoms with E-state index < -0.39 is 12.5 Å². The fraction of sp³-hybridized carbons (Fsp3) is 0.235. The maximum atomic E-state index is 12.8. The average molecular weight is 611 g/mol. The summed E-state index contributed by atoms with van der Waals surface area (Å²) in [4.78, 5) is 44.3. The van der Waals surface area contributed by atoms with Gasteiger partial charge < -0.3 is 10.0 Å². The van der Waals surface area contributed by atoms with Crippen molar-refractivity contribution in [2.75, 3.05) is 11.4 Å². The Bertz CT molecular complexity index is 1640. The molecular formula is C34H30N2O5S2. The van der Waals surface area contributed by atoms with Crippen LogP contribution in [0.15, 0.2) is 77.7 Å². The smallest absolute Gasteiger partial charge is 0.373 e. The zero-order chi connectivity index (χ0) is 30.5. The number of fused-ring (bicyclic) bond motifs is 3. The number of hydrogen-bond acceptors (Lipinski definition) is 7. The lowest BCUT2D eigenvalue weighted by molar-refractivity contribution is -0.191. The summed E-state index contributed by atoms with van der Waals surface area (Å²) in [5.74, 6) is -0.974. The van der Waals surface area contributed by atoms with Crippen molar-refractivity contribution in [1.29, 1.82) is 0 Å². The summed E-state index contributed by atoms with van der Waals surface area (Å²) in [6.07, 6.45) is 11.0. The van der Waals surface area contributed by atoms with E-state index in [1.54, 1.807) is 0 Å². The second-order valence-corrected chi connectivity index (χ2v) is 12.2. The molecule has 0 radical (unpaired) electrons. The van der Waals surface area contributed by atoms with E-state index in [-0.39, 0.29) is 16.4 Å². The van der Waals surface area contributed by atoms with Gasteiger partial charge in [0, 0.05) is 23.3 Å². The number of hydrogen-bond donors (Lipinski definition) is 1. The number of rotatable bonds is 6. The first-order chi connectivity index (χ1) is 20.8. The number of thiocarbonyl (C=S) groups is 1. The summed E-state index contributed by atoms with van der Waals surface area (Å²) in [7, 11) is 0. The van der Waals surface area contributed by atoms with Crippen molar-refractivity contribution < 1.29 is 24.3 Å². The van der Waals surface area contributed by atoms with Crippen LogP contribution in [0.1, 0.15) is 55.2 Å². The van der Waals surface area contributed by atoms with Crippen molar-refractivity contribution in [2.45, 2.75) is 44.6 Å². The Labute approximate surface area is 259 Å². The van der Waals surface area contributed by atoms with Crippen molar-refractivity contribution in [3.05, 3.63) is 94.4 Å². The summed E-state index contributed by atoms with van der Waals surface area (Å²) < 4.78 is 0.288. The first-order valence-electron chi connectivity index (χ1n) is 14.1. The first kappa shape index (κ1) is 30.2. The summed E-state index contributed by atoms with van der Waals surface area (Å²) in [5.41, 5.74) is 8.30. The molecule has 1 saturated carbocycles. The van der Waals surface area contributed by atoms with Crippen molar-refractivity contribution >= 4 is 69.9 Å². The molecule has 1 saturated heterocycles. The van der Waals surface area contributed by atoms with E-state index in [9.17, 15) is 9.59 Å². The predicted molar refractivity (Wildman–Crippen MR) is 173 cm³/mol. The second-order valence-electron chi connectivity index (χ2n) is 10.6. The van der Waals surface area contributed by atoms with Gasteiger partial charge in [-0.15, -0.1) is 0 Å². The number of anilines is 2. The number of thioether (sulfide) groups is 1. The van der Waals surface area contributed by atoms with E-state index >= 15 is 0 Å². The molecule has 2 aliphatic heterocycles. The Hall–Kier alpha value is -4.30. The molecular weight excluding hydrogens is 581 g/mol. The Morgan fingerprint density at radius 1 is 1.00 bits per heavy atom. The standard InChI is InChI=1S/C33H30N2O3S2.CO2/c1-2-5-21-8-11-23(12-9-21)24-13-15-25(16-14-24)35-28-7-4-3-6-26(28)27-18-22(10-17-29(27)35)19-30-32(38)34(20-31(36)37)33(39)40-30;2-1-3/h2,5,8-19,26,28H,3-4,6-7,20H2,1H3,(H,36,37);/b5-2?,30-19-;. The van der Waals surface area contributed by atoms with Crippen LogP contribution in [0.3, 0.4) is 0 Å². The Balaban J connectivity index is 0.00000118. The van der Waals surface area contributed by atoms with Gasteiger partial charge in [-0.1, -0.05) is 91.4 Å². The lowest BCUT2D eigenvalue weighted by Gasteiger charge is -2.33. The van der Waals surface area contributed by atoms with Gasteiger partial charge in [-0.25, -0.2) is 0 Å². The molecule has 3 aromatic rings. The molecule has 3 aromatic carbocycles. The maximum Gasteiger partial charge on any atom is 0.373 e. The Morgan fingerprint density at radius 3 is 2.28 bits per heavy atom. The fourth-order valence-corrected chi connectivity index (χ4v) is 7.44. The van der Waals surface area contributed by atoms with Gasteiger partial charge in [0.2, 0.25) is 0 Å². The van der Waals surface area contributed by atoms with E-state index in [2.05, 4.69) is 77.7 Å². The first-order valence-corrected chi connectivity index (χ1v) is 15.3. The second kappa shape index (κ2) is 13.3. The molecule has 2 unspecified atom stereocenters. The SMILES string of the molecule is CC=Cc1ccc(-c2ccc(N3c4ccc(/C=C5\SC(=S)N(CC(=O)O)C5=O)cc4C4CCCCC43)cc2)cc1.O=C=O. The number of carbonyl (C=O) groups excluding carboxylic acids is 3. The fourth-order valence-electron chi connectivity index (χ4n) is 6.19. The number of benzene rings is 3. The zero-order valence-corrected chi connectivity index (χ0v) is 25.2. The van der Waals surface area contributed by atoms with Crippen LogP contribution in [0.4, 0.5) is 11.4 Å². The van der Waals surface area contributed by atoms with Gasteiger partial charge in [-0.05, 0) is 77.9 Å². The van der Waals surface area contributed by atoms with E-state index in [1.807, 2.05) is 19.1 Å². The molecule has 2 atom stereocenters. The molecule has 0 aromatic heterocycles. The zero-order valence-electron chi connectivity index (χ0n) is 23.6. The maximum absolute atomic E-state index is 12.8. The molecule has 43 heavy (non-hydrogen) atoms. The molecule has 3 aliphatic rings. The van der Waals surface area contributed by atoms with Gasteiger partial charge in [0.15, 0.2) is 0 Å². The number of allylic oxidation sites excluding steroid dienone is 1. The molecule has 9 heteroatoms. The van der Waals surface area contributed by atoms with Gasteiger partial charge in [0.25, 0.3) is 5.91 Å². The monoisotopic (exact) mass is 610 g/mol. The highest BCUT2D eigenvalue weighted by Crippen LogP contribution is 2.51. The molecule has 1 aliphatic carbocycles. The van der Waals surface area contributed by atoms with Crippen LogP contribution in [-0.4, -0.2) is 44.9 Å². The Kier molecular flexibility index (Phi) is 9.36. The minimum atomic E-state index is -1.08. The summed E-state index contributed by atoms with van der Waals surface area (Å²) >= 11 is 6.43. The highest BCUT2D eigenvalue weighted by atomic mass is 32.2. The summed E-state index contributed by atoms with van der Waals surface area (Å²) in [6, 6.07) is 24.4. The number of aliphatic carboxylic acids is 1. The largest absolute Gasteiger partial charge is 0.480 e. The van der Waals surface area contributed by atoms with E-state index in [0.717, 1.165) is 23.3 Å². The quantitative estimate of drug-likeness (QED) is 0.230. The number of amides is 1. The summed E-state index contributed by atoms with van der Waals surface area (Å²) in [5, 5.41) is 9.13. The molecule has 218 valence electrons. The number of carboxylic acid groups (broad SMARTS) is 1. The third-order valence-corrected chi connectivity index (χ3v) is 9.36. The van der Waals surface area contributed by atoms with Gasteiger partial charge in [-0.2, -0.15) is 9.59 Å². The lowest BCUT2D eigenvalue weighted by Crippen LogP contribution is -2.33. The molecule has 0 bridgehead atoms. The molecule has 0 spiro atoms. The van der Waals surface area contributed by atoms with Crippen molar-refractivity contribution in [1.82, 2.24) is 4.90 Å². The average Bonchev–Trinajstić information content (AvgIpc) is 3.47. The van der Waals surface area contributed by atoms with E-state index in [0.29, 0.717) is 16.9 Å².